The van der Waals surface area contributed by atoms with Gasteiger partial charge in [0.25, 0.3) is 0 Å². The van der Waals surface area contributed by atoms with Gasteiger partial charge in [0.05, 0.1) is 5.01 Å². The van der Waals surface area contributed by atoms with Crippen LogP contribution in [0.2, 0.25) is 0 Å². The molecule has 0 aliphatic carbocycles. The van der Waals surface area contributed by atoms with Crippen LogP contribution in [0.1, 0.15) is 30.5 Å². The molecule has 1 saturated heterocycles. The number of aliphatic imine (C=N–C) groups is 1. The Balaban J connectivity index is 1.81. The predicted molar refractivity (Wildman–Crippen MR) is 82.2 cm³/mol. The molecule has 0 radical (unpaired) electrons. The van der Waals surface area contributed by atoms with Crippen molar-refractivity contribution in [1.82, 2.24) is 15.2 Å². The van der Waals surface area contributed by atoms with Gasteiger partial charge in [-0.15, -0.1) is 11.3 Å². The van der Waals surface area contributed by atoms with Crippen LogP contribution in [0.5, 0.6) is 0 Å². The van der Waals surface area contributed by atoms with Crippen molar-refractivity contribution in [1.29, 1.82) is 0 Å². The van der Waals surface area contributed by atoms with E-state index in [1.807, 2.05) is 0 Å². The normalized spacial score (nSPS) is 17.9. The van der Waals surface area contributed by atoms with Gasteiger partial charge in [0.2, 0.25) is 0 Å². The first kappa shape index (κ1) is 17.1. The molecule has 1 aromatic rings. The van der Waals surface area contributed by atoms with Gasteiger partial charge in [0, 0.05) is 38.5 Å². The Morgan fingerprint density at radius 2 is 2.14 bits per heavy atom. The fourth-order valence-corrected chi connectivity index (χ4v) is 3.19. The summed E-state index contributed by atoms with van der Waals surface area (Å²) < 4.78 is 37.5. The molecular weight excluding hydrogens is 313 g/mol. The Bertz CT molecular complexity index is 504. The maximum absolute atomic E-state index is 12.5. The van der Waals surface area contributed by atoms with E-state index in [0.29, 0.717) is 18.0 Å². The second-order valence-corrected chi connectivity index (χ2v) is 6.46. The molecule has 8 heteroatoms. The zero-order valence-corrected chi connectivity index (χ0v) is 13.6. The number of hydrogen-bond acceptors (Lipinski definition) is 3. The largest absolute Gasteiger partial charge is 0.434 e. The minimum Gasteiger partial charge on any atom is -0.356 e. The molecular formula is C14H21F3N4S. The second-order valence-electron chi connectivity index (χ2n) is 5.52. The maximum atomic E-state index is 12.5. The Morgan fingerprint density at radius 3 is 2.68 bits per heavy atom. The molecule has 1 aromatic heterocycles. The lowest BCUT2D eigenvalue weighted by Crippen LogP contribution is -2.45. The van der Waals surface area contributed by atoms with E-state index in [1.54, 1.807) is 7.05 Å². The number of nitrogens with one attached hydrogen (secondary N) is 1. The van der Waals surface area contributed by atoms with Crippen LogP contribution in [0.15, 0.2) is 10.4 Å². The number of nitrogens with zero attached hydrogens (tertiary/aromatic N) is 3. The van der Waals surface area contributed by atoms with Crippen molar-refractivity contribution >= 4 is 17.3 Å². The van der Waals surface area contributed by atoms with E-state index in [1.165, 1.54) is 0 Å². The Hall–Kier alpha value is -1.31. The minimum atomic E-state index is -4.36. The lowest BCUT2D eigenvalue weighted by Gasteiger charge is -2.32. The quantitative estimate of drug-likeness (QED) is 0.682. The molecule has 1 fully saturated rings. The predicted octanol–water partition coefficient (Wildman–Crippen LogP) is 3.01. The molecule has 0 amide bonds. The van der Waals surface area contributed by atoms with E-state index in [9.17, 15) is 13.2 Å². The summed E-state index contributed by atoms with van der Waals surface area (Å²) in [5.74, 6) is 1.56. The minimum absolute atomic E-state index is 0.462. The zero-order chi connectivity index (χ0) is 16.2. The van der Waals surface area contributed by atoms with Gasteiger partial charge in [0.15, 0.2) is 11.7 Å². The highest BCUT2D eigenvalue weighted by molar-refractivity contribution is 7.09. The van der Waals surface area contributed by atoms with Crippen molar-refractivity contribution in [2.75, 3.05) is 26.7 Å². The molecule has 0 spiro atoms. The monoisotopic (exact) mass is 334 g/mol. The number of aromatic nitrogens is 1. The third-order valence-electron chi connectivity index (χ3n) is 3.76. The molecule has 1 aliphatic heterocycles. The number of alkyl halides is 3. The average Bonchev–Trinajstić information content (AvgIpc) is 2.94. The molecule has 2 rings (SSSR count). The van der Waals surface area contributed by atoms with E-state index in [4.69, 9.17) is 0 Å². The molecule has 0 bridgehead atoms. The van der Waals surface area contributed by atoms with Crippen LogP contribution in [-0.4, -0.2) is 42.5 Å². The number of rotatable bonds is 3. The van der Waals surface area contributed by atoms with Gasteiger partial charge < -0.3 is 10.2 Å². The molecule has 0 atom stereocenters. The molecule has 1 N–H and O–H groups in total. The highest BCUT2D eigenvalue weighted by atomic mass is 32.1. The molecule has 0 saturated carbocycles. The third-order valence-corrected chi connectivity index (χ3v) is 4.67. The third kappa shape index (κ3) is 4.59. The number of thiazole rings is 1. The van der Waals surface area contributed by atoms with Crippen molar-refractivity contribution in [2.45, 2.75) is 32.4 Å². The highest BCUT2D eigenvalue weighted by Crippen LogP contribution is 2.30. The van der Waals surface area contributed by atoms with Crippen LogP contribution in [0.25, 0.3) is 0 Å². The number of likely N-dealkylation sites (tertiary alicyclic amines) is 1. The number of guanidine groups is 1. The summed E-state index contributed by atoms with van der Waals surface area (Å²) in [6.07, 6.45) is -1.61. The van der Waals surface area contributed by atoms with Gasteiger partial charge >= 0.3 is 6.18 Å². The first-order valence-electron chi connectivity index (χ1n) is 7.37. The zero-order valence-electron chi connectivity index (χ0n) is 12.8. The van der Waals surface area contributed by atoms with E-state index in [-0.39, 0.29) is 0 Å². The number of halogens is 3. The summed E-state index contributed by atoms with van der Waals surface area (Å²) in [5, 5.41) is 4.77. The lowest BCUT2D eigenvalue weighted by atomic mass is 10.00. The Morgan fingerprint density at radius 1 is 1.45 bits per heavy atom. The van der Waals surface area contributed by atoms with Crippen molar-refractivity contribution in [3.8, 4) is 0 Å². The number of hydrogen-bond donors (Lipinski definition) is 1. The number of piperidine rings is 1. The van der Waals surface area contributed by atoms with Crippen molar-refractivity contribution < 1.29 is 13.2 Å². The summed E-state index contributed by atoms with van der Waals surface area (Å²) in [4.78, 5) is 10.1. The summed E-state index contributed by atoms with van der Waals surface area (Å²) in [6.45, 7) is 4.71. The van der Waals surface area contributed by atoms with Gasteiger partial charge in [-0.1, -0.05) is 6.92 Å². The van der Waals surface area contributed by atoms with Crippen molar-refractivity contribution in [3.63, 3.8) is 0 Å². The highest BCUT2D eigenvalue weighted by Gasteiger charge is 2.33. The molecule has 124 valence electrons. The van der Waals surface area contributed by atoms with Gasteiger partial charge in [-0.2, -0.15) is 13.2 Å². The van der Waals surface area contributed by atoms with Crippen LogP contribution < -0.4 is 5.32 Å². The van der Waals surface area contributed by atoms with Gasteiger partial charge in [-0.3, -0.25) is 4.99 Å². The lowest BCUT2D eigenvalue weighted by molar-refractivity contribution is -0.140. The van der Waals surface area contributed by atoms with Crippen molar-refractivity contribution in [2.24, 2.45) is 10.9 Å². The van der Waals surface area contributed by atoms with E-state index in [2.05, 4.69) is 27.1 Å². The molecule has 0 unspecified atom stereocenters. The topological polar surface area (TPSA) is 40.5 Å². The first-order chi connectivity index (χ1) is 10.4. The van der Waals surface area contributed by atoms with E-state index >= 15 is 0 Å². The molecule has 4 nitrogen and oxygen atoms in total. The molecule has 22 heavy (non-hydrogen) atoms. The SMILES string of the molecule is CN=C(NCCc1nc(C(F)(F)F)cs1)N1CCC(C)CC1. The smallest absolute Gasteiger partial charge is 0.356 e. The Kier molecular flexibility index (Phi) is 5.66. The van der Waals surface area contributed by atoms with Gasteiger partial charge in [-0.25, -0.2) is 4.98 Å². The average molecular weight is 334 g/mol. The maximum Gasteiger partial charge on any atom is 0.434 e. The van der Waals surface area contributed by atoms with E-state index < -0.39 is 11.9 Å². The van der Waals surface area contributed by atoms with Gasteiger partial charge in [0.1, 0.15) is 0 Å². The van der Waals surface area contributed by atoms with Crippen LogP contribution in [0.3, 0.4) is 0 Å². The van der Waals surface area contributed by atoms with Crippen LogP contribution >= 0.6 is 11.3 Å². The summed E-state index contributed by atoms with van der Waals surface area (Å²) in [6, 6.07) is 0. The van der Waals surface area contributed by atoms with Crippen LogP contribution in [0, 0.1) is 5.92 Å². The summed E-state index contributed by atoms with van der Waals surface area (Å²) >= 11 is 1.05. The van der Waals surface area contributed by atoms with E-state index in [0.717, 1.165) is 54.5 Å². The standard InChI is InChI=1S/C14H21F3N4S/c1-10-4-7-21(8-5-10)13(18-2)19-6-3-12-20-11(9-22-12)14(15,16)17/h9-10H,3-8H2,1-2H3,(H,18,19). The van der Waals surface area contributed by atoms with Gasteiger partial charge in [-0.05, 0) is 18.8 Å². The van der Waals surface area contributed by atoms with Crippen LogP contribution in [0.4, 0.5) is 13.2 Å². The Labute approximate surface area is 132 Å². The molecule has 0 aromatic carbocycles. The fourth-order valence-electron chi connectivity index (χ4n) is 2.39. The first-order valence-corrected chi connectivity index (χ1v) is 8.25. The summed E-state index contributed by atoms with van der Waals surface area (Å²) in [5.41, 5.74) is -0.804. The molecule has 1 aliphatic rings. The summed E-state index contributed by atoms with van der Waals surface area (Å²) in [7, 11) is 1.73. The van der Waals surface area contributed by atoms with Crippen LogP contribution in [-0.2, 0) is 12.6 Å². The fraction of sp³-hybridized carbons (Fsp3) is 0.714. The molecule has 2 heterocycles. The second kappa shape index (κ2) is 7.30. The van der Waals surface area contributed by atoms with Crippen molar-refractivity contribution in [3.05, 3.63) is 16.1 Å².